The Morgan fingerprint density at radius 1 is 1.00 bits per heavy atom. The fourth-order valence-corrected chi connectivity index (χ4v) is 4.26. The second-order valence-electron chi connectivity index (χ2n) is 7.38. The van der Waals surface area contributed by atoms with Gasteiger partial charge in [-0.3, -0.25) is 4.79 Å². The number of H-pyrrole nitrogens is 1. The first-order valence-corrected chi connectivity index (χ1v) is 11.7. The van der Waals surface area contributed by atoms with Crippen LogP contribution >= 0.6 is 0 Å². The summed E-state index contributed by atoms with van der Waals surface area (Å²) < 4.78 is 37.4. The number of carbonyl (C=O) groups excluding carboxylic acids is 1. The van der Waals surface area contributed by atoms with E-state index >= 15 is 0 Å². The van der Waals surface area contributed by atoms with Gasteiger partial charge in [0.25, 0.3) is 0 Å². The number of aromatic nitrogens is 1. The molecule has 0 fully saturated rings. The van der Waals surface area contributed by atoms with Crippen molar-refractivity contribution in [3.63, 3.8) is 0 Å². The number of sulfone groups is 1. The van der Waals surface area contributed by atoms with E-state index in [4.69, 9.17) is 0 Å². The number of rotatable bonds is 6. The number of halogens is 1. The molecule has 3 aromatic carbocycles. The van der Waals surface area contributed by atoms with E-state index in [0.717, 1.165) is 34.0 Å². The van der Waals surface area contributed by atoms with Gasteiger partial charge in [0.15, 0.2) is 9.84 Å². The van der Waals surface area contributed by atoms with E-state index in [1.165, 1.54) is 24.3 Å². The lowest BCUT2D eigenvalue weighted by Crippen LogP contribution is -2.13. The highest BCUT2D eigenvalue weighted by Crippen LogP contribution is 2.32. The zero-order valence-corrected chi connectivity index (χ0v) is 17.7. The van der Waals surface area contributed by atoms with Crippen molar-refractivity contribution < 1.29 is 17.6 Å². The molecule has 0 radical (unpaired) electrons. The van der Waals surface area contributed by atoms with Crippen molar-refractivity contribution in [1.82, 2.24) is 4.98 Å². The van der Waals surface area contributed by atoms with E-state index in [9.17, 15) is 17.6 Å². The minimum atomic E-state index is -3.36. The fourth-order valence-electron chi connectivity index (χ4n) is 3.60. The molecule has 0 atom stereocenters. The van der Waals surface area contributed by atoms with Gasteiger partial charge in [-0.25, -0.2) is 12.8 Å². The molecule has 158 valence electrons. The molecular weight excluding hydrogens is 415 g/mol. The highest BCUT2D eigenvalue weighted by atomic mass is 32.2. The molecule has 7 heteroatoms. The Hall–Kier alpha value is -3.45. The molecule has 4 aromatic rings. The largest absolute Gasteiger partial charge is 0.354 e. The van der Waals surface area contributed by atoms with Gasteiger partial charge in [-0.05, 0) is 53.9 Å². The van der Waals surface area contributed by atoms with Crippen LogP contribution in [0.15, 0.2) is 77.7 Å². The Kier molecular flexibility index (Phi) is 5.61. The number of hydrogen-bond donors (Lipinski definition) is 2. The summed E-state index contributed by atoms with van der Waals surface area (Å²) in [5.41, 5.74) is 3.89. The second-order valence-corrected chi connectivity index (χ2v) is 9.40. The van der Waals surface area contributed by atoms with Crippen molar-refractivity contribution in [3.05, 3.63) is 84.2 Å². The maximum absolute atomic E-state index is 13.9. The van der Waals surface area contributed by atoms with Crippen LogP contribution in [0.1, 0.15) is 12.0 Å². The number of amides is 1. The molecule has 0 aliphatic carbocycles. The van der Waals surface area contributed by atoms with Gasteiger partial charge < -0.3 is 10.3 Å². The van der Waals surface area contributed by atoms with Crippen LogP contribution in [0.2, 0.25) is 0 Å². The third kappa shape index (κ3) is 4.67. The van der Waals surface area contributed by atoms with Crippen molar-refractivity contribution in [2.45, 2.75) is 17.7 Å². The lowest BCUT2D eigenvalue weighted by atomic mass is 10.0. The lowest BCUT2D eigenvalue weighted by Gasteiger charge is -2.08. The molecule has 1 heterocycles. The monoisotopic (exact) mass is 436 g/mol. The molecular formula is C24H21FN2O3S. The smallest absolute Gasteiger partial charge is 0.224 e. The Morgan fingerprint density at radius 3 is 2.52 bits per heavy atom. The molecule has 31 heavy (non-hydrogen) atoms. The Bertz CT molecular complexity index is 1360. The summed E-state index contributed by atoms with van der Waals surface area (Å²) in [6.07, 6.45) is 1.67. The van der Waals surface area contributed by atoms with Crippen molar-refractivity contribution >= 4 is 32.3 Å². The van der Waals surface area contributed by atoms with Crippen LogP contribution in [0.3, 0.4) is 0 Å². The molecule has 0 saturated heterocycles. The van der Waals surface area contributed by atoms with E-state index < -0.39 is 9.84 Å². The van der Waals surface area contributed by atoms with Gasteiger partial charge in [0.2, 0.25) is 5.91 Å². The van der Waals surface area contributed by atoms with Crippen LogP contribution in [0.5, 0.6) is 0 Å². The van der Waals surface area contributed by atoms with Crippen LogP contribution in [0.25, 0.3) is 22.2 Å². The predicted molar refractivity (Wildman–Crippen MR) is 120 cm³/mol. The van der Waals surface area contributed by atoms with Crippen LogP contribution in [-0.2, 0) is 21.1 Å². The summed E-state index contributed by atoms with van der Waals surface area (Å²) in [4.78, 5) is 16.1. The van der Waals surface area contributed by atoms with Crippen LogP contribution < -0.4 is 5.32 Å². The maximum Gasteiger partial charge on any atom is 0.224 e. The fraction of sp³-hybridized carbons (Fsp3) is 0.125. The average molecular weight is 437 g/mol. The first-order valence-electron chi connectivity index (χ1n) is 9.77. The summed E-state index contributed by atoms with van der Waals surface area (Å²) in [7, 11) is -3.36. The zero-order chi connectivity index (χ0) is 22.0. The number of carbonyl (C=O) groups is 1. The molecule has 5 nitrogen and oxygen atoms in total. The molecule has 4 rings (SSSR count). The van der Waals surface area contributed by atoms with E-state index in [0.29, 0.717) is 12.1 Å². The number of benzene rings is 3. The molecule has 0 saturated carbocycles. The van der Waals surface area contributed by atoms with Crippen molar-refractivity contribution in [3.8, 4) is 11.3 Å². The summed E-state index contributed by atoms with van der Waals surface area (Å²) in [6, 6.07) is 20.4. The minimum Gasteiger partial charge on any atom is -0.354 e. The summed E-state index contributed by atoms with van der Waals surface area (Å²) in [5.74, 6) is -0.593. The van der Waals surface area contributed by atoms with Gasteiger partial charge in [0.05, 0.1) is 4.90 Å². The minimum absolute atomic E-state index is 0.142. The standard InChI is InChI=1S/C24H21FN2O3S/c1-31(29,30)19-9-5-8-18(15-19)26-23(28)13-11-20-21-14-17(25)10-12-22(21)27-24(20)16-6-3-2-4-7-16/h2-10,12,14-15,27H,11,13H2,1H3,(H,26,28). The Labute approximate surface area is 179 Å². The summed E-state index contributed by atoms with van der Waals surface area (Å²) >= 11 is 0. The quantitative estimate of drug-likeness (QED) is 0.449. The topological polar surface area (TPSA) is 79.0 Å². The highest BCUT2D eigenvalue weighted by molar-refractivity contribution is 7.90. The van der Waals surface area contributed by atoms with Crippen molar-refractivity contribution in [1.29, 1.82) is 0 Å². The molecule has 0 spiro atoms. The number of aryl methyl sites for hydroxylation is 1. The SMILES string of the molecule is CS(=O)(=O)c1cccc(NC(=O)CCc2c(-c3ccccc3)[nH]c3ccc(F)cc23)c1. The van der Waals surface area contributed by atoms with Gasteiger partial charge in [0, 0.05) is 35.0 Å². The third-order valence-corrected chi connectivity index (χ3v) is 6.19. The van der Waals surface area contributed by atoms with Crippen LogP contribution in [-0.4, -0.2) is 25.6 Å². The normalized spacial score (nSPS) is 11.5. The third-order valence-electron chi connectivity index (χ3n) is 5.08. The first-order chi connectivity index (χ1) is 14.8. The molecule has 1 aromatic heterocycles. The van der Waals surface area contributed by atoms with Crippen LogP contribution in [0, 0.1) is 5.82 Å². The number of aromatic amines is 1. The zero-order valence-electron chi connectivity index (χ0n) is 16.9. The lowest BCUT2D eigenvalue weighted by molar-refractivity contribution is -0.116. The highest BCUT2D eigenvalue weighted by Gasteiger charge is 2.16. The molecule has 2 N–H and O–H groups in total. The number of hydrogen-bond acceptors (Lipinski definition) is 3. The van der Waals surface area contributed by atoms with E-state index in [1.807, 2.05) is 30.3 Å². The molecule has 0 aliphatic rings. The van der Waals surface area contributed by atoms with E-state index in [1.54, 1.807) is 18.2 Å². The molecule has 0 bridgehead atoms. The van der Waals surface area contributed by atoms with E-state index in [2.05, 4.69) is 10.3 Å². The summed E-state index contributed by atoms with van der Waals surface area (Å²) in [6.45, 7) is 0. The van der Waals surface area contributed by atoms with Crippen LogP contribution in [0.4, 0.5) is 10.1 Å². The number of fused-ring (bicyclic) bond motifs is 1. The average Bonchev–Trinajstić information content (AvgIpc) is 3.10. The van der Waals surface area contributed by atoms with E-state index in [-0.39, 0.29) is 23.0 Å². The van der Waals surface area contributed by atoms with Gasteiger partial charge in [0.1, 0.15) is 5.82 Å². The van der Waals surface area contributed by atoms with Gasteiger partial charge in [-0.15, -0.1) is 0 Å². The number of nitrogens with one attached hydrogen (secondary N) is 2. The first kappa shape index (κ1) is 20.8. The second kappa shape index (κ2) is 8.35. The van der Waals surface area contributed by atoms with Gasteiger partial charge in [-0.2, -0.15) is 0 Å². The van der Waals surface area contributed by atoms with Gasteiger partial charge >= 0.3 is 0 Å². The molecule has 1 amide bonds. The Balaban J connectivity index is 1.59. The maximum atomic E-state index is 13.9. The molecule has 0 unspecified atom stereocenters. The van der Waals surface area contributed by atoms with Crippen molar-refractivity contribution in [2.75, 3.05) is 11.6 Å². The molecule has 0 aliphatic heterocycles. The summed E-state index contributed by atoms with van der Waals surface area (Å²) in [5, 5.41) is 3.49. The number of anilines is 1. The van der Waals surface area contributed by atoms with Gasteiger partial charge in [-0.1, -0.05) is 36.4 Å². The Morgan fingerprint density at radius 2 is 1.77 bits per heavy atom. The predicted octanol–water partition coefficient (Wildman–Crippen LogP) is 4.95. The van der Waals surface area contributed by atoms with Crippen molar-refractivity contribution in [2.24, 2.45) is 0 Å².